The van der Waals surface area contributed by atoms with Crippen molar-refractivity contribution in [3.05, 3.63) is 170 Å². The molecule has 0 bridgehead atoms. The number of nitrogens with zero attached hydrogens (tertiary/aromatic N) is 3. The SMILES string of the molecule is CN1CCOC(=Nc2ccccc2[Si](C)(c2ccccc2)c2ccccc2)C1=Nc1ccccc1[Si](C)(c1ccccc1)c1ccccc1.[Cl][Ni][Cl]. The molecule has 6 aromatic rings. The molecule has 0 radical (unpaired) electrons. The Labute approximate surface area is 324 Å². The van der Waals surface area contributed by atoms with Gasteiger partial charge in [0.25, 0.3) is 5.90 Å². The molecule has 0 unspecified atom stereocenters. The van der Waals surface area contributed by atoms with Crippen LogP contribution in [-0.2, 0) is 17.4 Å². The van der Waals surface area contributed by atoms with Crippen LogP contribution in [0.15, 0.2) is 180 Å². The van der Waals surface area contributed by atoms with Gasteiger partial charge in [0, 0.05) is 7.05 Å². The van der Waals surface area contributed by atoms with Crippen LogP contribution >= 0.6 is 20.4 Å². The van der Waals surface area contributed by atoms with Gasteiger partial charge in [0.1, 0.15) is 22.8 Å². The zero-order valence-electron chi connectivity index (χ0n) is 29.4. The van der Waals surface area contributed by atoms with Crippen LogP contribution in [0.25, 0.3) is 0 Å². The molecule has 0 aromatic heterocycles. The van der Waals surface area contributed by atoms with Crippen LogP contribution in [-0.4, -0.2) is 53.0 Å². The van der Waals surface area contributed by atoms with E-state index in [1.807, 2.05) is 0 Å². The van der Waals surface area contributed by atoms with Gasteiger partial charge in [0.05, 0.1) is 17.9 Å². The Morgan fingerprint density at radius 1 is 0.519 bits per heavy atom. The topological polar surface area (TPSA) is 37.2 Å². The molecule has 9 heteroatoms. The quantitative estimate of drug-likeness (QED) is 0.123. The molecule has 0 N–H and O–H groups in total. The van der Waals surface area contributed by atoms with Gasteiger partial charge in [-0.1, -0.05) is 171 Å². The normalized spacial score (nSPS) is 14.8. The number of halogens is 2. The van der Waals surface area contributed by atoms with Crippen molar-refractivity contribution in [3.63, 3.8) is 0 Å². The Kier molecular flexibility index (Phi) is 12.6. The Bertz CT molecular complexity index is 2040. The molecule has 1 fully saturated rings. The molecule has 1 saturated heterocycles. The second-order valence-electron chi connectivity index (χ2n) is 12.9. The predicted octanol–water partition coefficient (Wildman–Crippen LogP) is 6.99. The summed E-state index contributed by atoms with van der Waals surface area (Å²) in [6.45, 7) is 6.13. The van der Waals surface area contributed by atoms with Crippen molar-refractivity contribution in [2.24, 2.45) is 9.98 Å². The van der Waals surface area contributed by atoms with Gasteiger partial charge in [-0.15, -0.1) is 0 Å². The van der Waals surface area contributed by atoms with E-state index in [2.05, 4.69) is 195 Å². The molecule has 0 spiro atoms. The van der Waals surface area contributed by atoms with Crippen molar-refractivity contribution in [1.29, 1.82) is 0 Å². The molecule has 0 aliphatic carbocycles. The first kappa shape index (κ1) is 37.5. The molecular weight excluding hydrogens is 760 g/mol. The summed E-state index contributed by atoms with van der Waals surface area (Å²) in [6, 6.07) is 60.8. The van der Waals surface area contributed by atoms with E-state index in [1.165, 1.54) is 31.1 Å². The van der Waals surface area contributed by atoms with Gasteiger partial charge < -0.3 is 9.64 Å². The number of aliphatic imine (C=N–C) groups is 2. The first-order valence-corrected chi connectivity index (χ1v) is 24.9. The van der Waals surface area contributed by atoms with Crippen molar-refractivity contribution in [2.75, 3.05) is 20.2 Å². The summed E-state index contributed by atoms with van der Waals surface area (Å²) < 4.78 is 6.42. The summed E-state index contributed by atoms with van der Waals surface area (Å²) >= 11 is 0.569. The van der Waals surface area contributed by atoms with Gasteiger partial charge >= 0.3 is 33.0 Å². The number of hydrogen-bond donors (Lipinski definition) is 0. The zero-order chi connectivity index (χ0) is 36.4. The third-order valence-electron chi connectivity index (χ3n) is 9.96. The fourth-order valence-corrected chi connectivity index (χ4v) is 14.6. The predicted molar refractivity (Wildman–Crippen MR) is 224 cm³/mol. The fourth-order valence-electron chi connectivity index (χ4n) is 7.08. The summed E-state index contributed by atoms with van der Waals surface area (Å²) in [6.07, 6.45) is 0. The van der Waals surface area contributed by atoms with Crippen molar-refractivity contribution in [2.45, 2.75) is 13.1 Å². The molecule has 266 valence electrons. The number of hydrogen-bond acceptors (Lipinski definition) is 3. The molecular formula is C43H41Cl2N3NiOSi2. The Hall–Kier alpha value is -4.23. The molecule has 4 nitrogen and oxygen atoms in total. The molecule has 7 rings (SSSR count). The Morgan fingerprint density at radius 2 is 0.846 bits per heavy atom. The first-order valence-electron chi connectivity index (χ1n) is 17.2. The van der Waals surface area contributed by atoms with E-state index in [0.717, 1.165) is 23.8 Å². The second kappa shape index (κ2) is 17.5. The van der Waals surface area contributed by atoms with Crippen molar-refractivity contribution in [3.8, 4) is 0 Å². The van der Waals surface area contributed by atoms with Gasteiger partial charge in [-0.05, 0) is 43.3 Å². The van der Waals surface area contributed by atoms with Crippen LogP contribution < -0.4 is 31.1 Å². The summed E-state index contributed by atoms with van der Waals surface area (Å²) in [5.74, 6) is 1.30. The average Bonchev–Trinajstić information content (AvgIpc) is 3.20. The van der Waals surface area contributed by atoms with E-state index in [4.69, 9.17) is 35.1 Å². The summed E-state index contributed by atoms with van der Waals surface area (Å²) in [7, 11) is 6.62. The number of likely N-dealkylation sites (N-methyl/N-ethyl adjacent to an activating group) is 1. The second-order valence-corrected chi connectivity index (χ2v) is 22.4. The van der Waals surface area contributed by atoms with E-state index in [1.54, 1.807) is 0 Å². The maximum absolute atomic E-state index is 6.42. The van der Waals surface area contributed by atoms with Crippen LogP contribution in [0.2, 0.25) is 13.1 Å². The van der Waals surface area contributed by atoms with Gasteiger partial charge in [-0.3, -0.25) is 0 Å². The molecule has 52 heavy (non-hydrogen) atoms. The standard InChI is InChI=1S/C43H41N3OSi2.2ClH.Ni/c1-46-32-33-47-43(45-39-29-17-19-31-41(39)49(3,36-24-12-6-13-25-36)37-26-14-7-15-27-37)42(46)44-38-28-16-18-30-40(38)48(2,34-20-8-4-9-21-34)35-22-10-5-11-23-35;;;/h4-31H,32-33H2,1-3H3;2*1H;/q;;;+2/p-2. The van der Waals surface area contributed by atoms with E-state index < -0.39 is 16.1 Å². The molecule has 0 atom stereocenters. The third-order valence-corrected chi connectivity index (χ3v) is 18.9. The summed E-state index contributed by atoms with van der Waals surface area (Å²) in [4.78, 5) is 13.0. The molecule has 1 aliphatic heterocycles. The number of para-hydroxylation sites is 2. The minimum absolute atomic E-state index is 0.546. The Balaban J connectivity index is 0.00000150. The zero-order valence-corrected chi connectivity index (χ0v) is 33.9. The van der Waals surface area contributed by atoms with Crippen LogP contribution in [0.3, 0.4) is 0 Å². The van der Waals surface area contributed by atoms with Gasteiger partial charge in [0.2, 0.25) is 0 Å². The fraction of sp³-hybridized carbons (Fsp3) is 0.116. The minimum atomic E-state index is -2.44. The summed E-state index contributed by atoms with van der Waals surface area (Å²) in [5, 5.41) is 7.86. The third kappa shape index (κ3) is 7.90. The molecule has 0 saturated carbocycles. The monoisotopic (exact) mass is 799 g/mol. The number of rotatable bonds is 8. The van der Waals surface area contributed by atoms with Crippen LogP contribution in [0.4, 0.5) is 11.4 Å². The number of ether oxygens (including phenoxy) is 1. The number of amidine groups is 1. The van der Waals surface area contributed by atoms with Crippen LogP contribution in [0.5, 0.6) is 0 Å². The van der Waals surface area contributed by atoms with Crippen molar-refractivity contribution in [1.82, 2.24) is 4.90 Å². The average molecular weight is 802 g/mol. The van der Waals surface area contributed by atoms with Gasteiger partial charge in [-0.25, -0.2) is 9.98 Å². The van der Waals surface area contributed by atoms with Gasteiger partial charge in [0.15, 0.2) is 5.84 Å². The number of benzene rings is 6. The van der Waals surface area contributed by atoms with Crippen molar-refractivity contribution < 1.29 is 17.4 Å². The van der Waals surface area contributed by atoms with E-state index in [0.29, 0.717) is 25.2 Å². The maximum atomic E-state index is 6.42. The first-order chi connectivity index (χ1) is 25.4. The van der Waals surface area contributed by atoms with E-state index in [9.17, 15) is 0 Å². The molecule has 6 aromatic carbocycles. The van der Waals surface area contributed by atoms with Crippen LogP contribution in [0.1, 0.15) is 0 Å². The van der Waals surface area contributed by atoms with Crippen LogP contribution in [0, 0.1) is 0 Å². The molecule has 1 heterocycles. The van der Waals surface area contributed by atoms with Crippen molar-refractivity contribution >= 4 is 90.8 Å². The summed E-state index contributed by atoms with van der Waals surface area (Å²) in [5.41, 5.74) is 1.87. The molecule has 1 aliphatic rings. The van der Waals surface area contributed by atoms with Gasteiger partial charge in [-0.2, -0.15) is 0 Å². The Morgan fingerprint density at radius 3 is 1.23 bits per heavy atom. The molecule has 0 amide bonds. The number of morpholine rings is 1. The van der Waals surface area contributed by atoms with E-state index in [-0.39, 0.29) is 0 Å². The van der Waals surface area contributed by atoms with E-state index >= 15 is 0 Å².